The molecule has 0 N–H and O–H groups in total. The molecule has 0 saturated heterocycles. The molecule has 0 radical (unpaired) electrons. The maximum Gasteiger partial charge on any atom is 0.273 e. The first kappa shape index (κ1) is 23.1. The van der Waals surface area contributed by atoms with Gasteiger partial charge in [0, 0.05) is 46.7 Å². The van der Waals surface area contributed by atoms with E-state index in [1.54, 1.807) is 19.1 Å². The van der Waals surface area contributed by atoms with Crippen LogP contribution in [-0.2, 0) is 13.1 Å². The Labute approximate surface area is 198 Å². The summed E-state index contributed by atoms with van der Waals surface area (Å²) in [5, 5.41) is 12.1. The van der Waals surface area contributed by atoms with E-state index < -0.39 is 4.92 Å². The lowest BCUT2D eigenvalue weighted by molar-refractivity contribution is -0.385. The van der Waals surface area contributed by atoms with Gasteiger partial charge in [0.1, 0.15) is 0 Å². The van der Waals surface area contributed by atoms with Crippen LogP contribution in [0.25, 0.3) is 0 Å². The highest BCUT2D eigenvalue weighted by Crippen LogP contribution is 2.28. The number of rotatable bonds is 7. The quantitative estimate of drug-likeness (QED) is 0.300. The number of halogens is 1. The van der Waals surface area contributed by atoms with Crippen LogP contribution < -0.4 is 0 Å². The van der Waals surface area contributed by atoms with Crippen molar-refractivity contribution in [1.29, 1.82) is 0 Å². The molecule has 1 amide bonds. The number of carbonyl (C=O) groups excluding carboxylic acids is 1. The predicted octanol–water partition coefficient (Wildman–Crippen LogP) is 6.38. The summed E-state index contributed by atoms with van der Waals surface area (Å²) in [7, 11) is 0. The molecule has 1 aliphatic carbocycles. The smallest absolute Gasteiger partial charge is 0.273 e. The number of carbonyl (C=O) groups is 1. The number of nitro groups is 1. The molecule has 172 valence electrons. The highest BCUT2D eigenvalue weighted by Gasteiger charge is 2.28. The second kappa shape index (κ2) is 10.2. The summed E-state index contributed by atoms with van der Waals surface area (Å²) in [6.07, 6.45) is 7.28. The number of aromatic nitrogens is 1. The van der Waals surface area contributed by atoms with E-state index in [0.29, 0.717) is 29.2 Å². The molecule has 2 aromatic carbocycles. The molecule has 3 aromatic rings. The second-order valence-electron chi connectivity index (χ2n) is 8.74. The van der Waals surface area contributed by atoms with E-state index in [1.807, 2.05) is 47.5 Å². The largest absolute Gasteiger partial charge is 0.345 e. The Morgan fingerprint density at radius 3 is 2.64 bits per heavy atom. The van der Waals surface area contributed by atoms with Gasteiger partial charge in [-0.05, 0) is 55.7 Å². The van der Waals surface area contributed by atoms with Gasteiger partial charge in [-0.3, -0.25) is 14.9 Å². The zero-order chi connectivity index (χ0) is 23.4. The van der Waals surface area contributed by atoms with Crippen molar-refractivity contribution in [3.05, 3.63) is 98.3 Å². The summed E-state index contributed by atoms with van der Waals surface area (Å²) in [5.74, 6) is -0.152. The van der Waals surface area contributed by atoms with Gasteiger partial charge in [-0.1, -0.05) is 49.1 Å². The third-order valence-electron chi connectivity index (χ3n) is 6.43. The molecule has 1 saturated carbocycles. The predicted molar refractivity (Wildman–Crippen MR) is 130 cm³/mol. The van der Waals surface area contributed by atoms with E-state index >= 15 is 0 Å². The van der Waals surface area contributed by atoms with E-state index in [4.69, 9.17) is 11.6 Å². The summed E-state index contributed by atoms with van der Waals surface area (Å²) < 4.78 is 2.13. The van der Waals surface area contributed by atoms with Crippen LogP contribution in [0.4, 0.5) is 5.69 Å². The maximum atomic E-state index is 13.6. The number of nitro benzene ring substituents is 1. The maximum absolute atomic E-state index is 13.6. The third-order valence-corrected chi connectivity index (χ3v) is 6.66. The van der Waals surface area contributed by atoms with Crippen molar-refractivity contribution in [3.8, 4) is 0 Å². The van der Waals surface area contributed by atoms with Crippen molar-refractivity contribution < 1.29 is 9.72 Å². The van der Waals surface area contributed by atoms with E-state index in [1.165, 1.54) is 12.5 Å². The SMILES string of the molecule is Cc1ccc(C(=O)N(Cc2cccn2Cc2cccc(Cl)c2)C2CCCCC2)cc1[N+](=O)[O-]. The van der Waals surface area contributed by atoms with Crippen molar-refractivity contribution in [2.24, 2.45) is 0 Å². The fourth-order valence-electron chi connectivity index (χ4n) is 4.62. The van der Waals surface area contributed by atoms with Crippen LogP contribution in [-0.4, -0.2) is 26.3 Å². The number of aryl methyl sites for hydroxylation is 1. The van der Waals surface area contributed by atoms with Gasteiger partial charge >= 0.3 is 0 Å². The first-order valence-electron chi connectivity index (χ1n) is 11.4. The Morgan fingerprint density at radius 2 is 1.91 bits per heavy atom. The number of amides is 1. The highest BCUT2D eigenvalue weighted by molar-refractivity contribution is 6.30. The summed E-state index contributed by atoms with van der Waals surface area (Å²) in [6.45, 7) is 2.80. The van der Waals surface area contributed by atoms with Crippen molar-refractivity contribution >= 4 is 23.2 Å². The zero-order valence-corrected chi connectivity index (χ0v) is 19.5. The Bertz CT molecular complexity index is 1150. The standard InChI is InChI=1S/C26H28ClN3O3/c1-19-12-13-21(16-25(19)30(32)33)26(31)29(23-9-3-2-4-10-23)18-24-11-6-14-28(24)17-20-7-5-8-22(27)15-20/h5-8,11-16,23H,2-4,9-10,17-18H2,1H3. The number of hydrogen-bond donors (Lipinski definition) is 0. The third kappa shape index (κ3) is 5.45. The highest BCUT2D eigenvalue weighted by atomic mass is 35.5. The summed E-state index contributed by atoms with van der Waals surface area (Å²) in [4.78, 5) is 26.6. The van der Waals surface area contributed by atoms with Crippen molar-refractivity contribution in [2.45, 2.75) is 58.2 Å². The second-order valence-corrected chi connectivity index (χ2v) is 9.18. The van der Waals surface area contributed by atoms with E-state index in [-0.39, 0.29) is 17.6 Å². The van der Waals surface area contributed by atoms with Gasteiger partial charge in [-0.2, -0.15) is 0 Å². The summed E-state index contributed by atoms with van der Waals surface area (Å²) in [5.41, 5.74) is 3.01. The summed E-state index contributed by atoms with van der Waals surface area (Å²) >= 11 is 6.16. The summed E-state index contributed by atoms with van der Waals surface area (Å²) in [6, 6.07) is 16.7. The minimum atomic E-state index is -0.423. The van der Waals surface area contributed by atoms with Crippen molar-refractivity contribution in [2.75, 3.05) is 0 Å². The van der Waals surface area contributed by atoms with Gasteiger partial charge in [-0.15, -0.1) is 0 Å². The Morgan fingerprint density at radius 1 is 1.12 bits per heavy atom. The van der Waals surface area contributed by atoms with Crippen LogP contribution in [0, 0.1) is 17.0 Å². The molecular weight excluding hydrogens is 438 g/mol. The molecule has 7 heteroatoms. The molecule has 0 spiro atoms. The fraction of sp³-hybridized carbons (Fsp3) is 0.346. The number of hydrogen-bond acceptors (Lipinski definition) is 3. The average Bonchev–Trinajstić information content (AvgIpc) is 3.24. The van der Waals surface area contributed by atoms with Gasteiger partial charge < -0.3 is 9.47 Å². The molecule has 33 heavy (non-hydrogen) atoms. The lowest BCUT2D eigenvalue weighted by Crippen LogP contribution is -2.41. The number of benzene rings is 2. The van der Waals surface area contributed by atoms with Crippen LogP contribution in [0.5, 0.6) is 0 Å². The van der Waals surface area contributed by atoms with Gasteiger partial charge in [0.2, 0.25) is 0 Å². The average molecular weight is 466 g/mol. The molecule has 0 bridgehead atoms. The van der Waals surface area contributed by atoms with Crippen molar-refractivity contribution in [1.82, 2.24) is 9.47 Å². The fourth-order valence-corrected chi connectivity index (χ4v) is 4.83. The lowest BCUT2D eigenvalue weighted by Gasteiger charge is -2.35. The minimum absolute atomic E-state index is 0.0197. The first-order valence-corrected chi connectivity index (χ1v) is 11.7. The molecule has 1 aromatic heterocycles. The molecule has 1 fully saturated rings. The Hall–Kier alpha value is -3.12. The van der Waals surface area contributed by atoms with E-state index in [9.17, 15) is 14.9 Å². The lowest BCUT2D eigenvalue weighted by atomic mass is 9.93. The van der Waals surface area contributed by atoms with Crippen LogP contribution in [0.1, 0.15) is 59.3 Å². The first-order chi connectivity index (χ1) is 15.9. The molecule has 4 rings (SSSR count). The monoisotopic (exact) mass is 465 g/mol. The molecular formula is C26H28ClN3O3. The van der Waals surface area contributed by atoms with E-state index in [2.05, 4.69) is 4.57 Å². The topological polar surface area (TPSA) is 68.4 Å². The van der Waals surface area contributed by atoms with Gasteiger partial charge in [0.05, 0.1) is 11.5 Å². The van der Waals surface area contributed by atoms with Gasteiger partial charge in [0.25, 0.3) is 11.6 Å². The van der Waals surface area contributed by atoms with Gasteiger partial charge in [-0.25, -0.2) is 0 Å². The number of nitrogens with zero attached hydrogens (tertiary/aromatic N) is 3. The molecule has 1 aliphatic rings. The molecule has 0 atom stereocenters. The van der Waals surface area contributed by atoms with Crippen LogP contribution >= 0.6 is 11.6 Å². The Kier molecular flexibility index (Phi) is 7.14. The van der Waals surface area contributed by atoms with Gasteiger partial charge in [0.15, 0.2) is 0 Å². The molecule has 1 heterocycles. The van der Waals surface area contributed by atoms with Crippen LogP contribution in [0.15, 0.2) is 60.8 Å². The van der Waals surface area contributed by atoms with Crippen LogP contribution in [0.3, 0.4) is 0 Å². The molecule has 0 aliphatic heterocycles. The van der Waals surface area contributed by atoms with Crippen LogP contribution in [0.2, 0.25) is 5.02 Å². The molecule has 0 unspecified atom stereocenters. The minimum Gasteiger partial charge on any atom is -0.345 e. The van der Waals surface area contributed by atoms with Crippen molar-refractivity contribution in [3.63, 3.8) is 0 Å². The van der Waals surface area contributed by atoms with E-state index in [0.717, 1.165) is 36.9 Å². The molecule has 6 nitrogen and oxygen atoms in total. The normalized spacial score (nSPS) is 14.2. The zero-order valence-electron chi connectivity index (χ0n) is 18.7. The Balaban J connectivity index is 1.63.